The molecule has 7 nitrogen and oxygen atoms in total. The number of rotatable bonds is 6. The summed E-state index contributed by atoms with van der Waals surface area (Å²) < 4.78 is 22.3. The highest BCUT2D eigenvalue weighted by atomic mass is 16.5. The smallest absolute Gasteiger partial charge is 0.239 e. The van der Waals surface area contributed by atoms with E-state index >= 15 is 0 Å². The van der Waals surface area contributed by atoms with Crippen LogP contribution in [0.3, 0.4) is 0 Å². The van der Waals surface area contributed by atoms with E-state index in [0.29, 0.717) is 43.6 Å². The van der Waals surface area contributed by atoms with Crippen molar-refractivity contribution >= 4 is 5.91 Å². The minimum absolute atomic E-state index is 0.0126. The number of piperidine rings is 1. The van der Waals surface area contributed by atoms with Crippen LogP contribution < -0.4 is 19.9 Å². The maximum absolute atomic E-state index is 12.7. The third-order valence-corrected chi connectivity index (χ3v) is 5.48. The van der Waals surface area contributed by atoms with Gasteiger partial charge in [-0.1, -0.05) is 6.07 Å². The molecule has 27 heavy (non-hydrogen) atoms. The van der Waals surface area contributed by atoms with Crippen LogP contribution in [0.4, 0.5) is 0 Å². The van der Waals surface area contributed by atoms with E-state index in [1.54, 1.807) is 14.2 Å². The summed E-state index contributed by atoms with van der Waals surface area (Å²) in [6.07, 6.45) is 3.25. The van der Waals surface area contributed by atoms with Crippen LogP contribution in [-0.4, -0.2) is 63.5 Å². The maximum Gasteiger partial charge on any atom is 0.239 e. The van der Waals surface area contributed by atoms with Crippen LogP contribution >= 0.6 is 0 Å². The number of benzene rings is 1. The lowest BCUT2D eigenvalue weighted by Gasteiger charge is -2.36. The molecule has 150 valence electrons. The van der Waals surface area contributed by atoms with Crippen molar-refractivity contribution in [2.75, 3.05) is 40.5 Å². The number of nitrogens with zero attached hydrogens (tertiary/aromatic N) is 1. The highest BCUT2D eigenvalue weighted by molar-refractivity contribution is 5.82. The van der Waals surface area contributed by atoms with E-state index in [4.69, 9.17) is 24.7 Å². The lowest BCUT2D eigenvalue weighted by atomic mass is 9.91. The summed E-state index contributed by atoms with van der Waals surface area (Å²) in [7, 11) is 3.22. The number of methoxy groups -OCH3 is 2. The number of amides is 1. The molecule has 1 aromatic rings. The first-order chi connectivity index (χ1) is 13.1. The van der Waals surface area contributed by atoms with Crippen LogP contribution in [0, 0.1) is 5.92 Å². The number of hydrogen-bond donors (Lipinski definition) is 1. The molecule has 0 saturated carbocycles. The first-order valence-electron chi connectivity index (χ1n) is 9.63. The van der Waals surface area contributed by atoms with Crippen LogP contribution in [-0.2, 0) is 9.53 Å². The van der Waals surface area contributed by atoms with Gasteiger partial charge in [0.25, 0.3) is 0 Å². The quantitative estimate of drug-likeness (QED) is 0.813. The molecule has 2 fully saturated rings. The average Bonchev–Trinajstić information content (AvgIpc) is 2.74. The van der Waals surface area contributed by atoms with Gasteiger partial charge >= 0.3 is 0 Å². The van der Waals surface area contributed by atoms with Crippen LogP contribution in [0.1, 0.15) is 25.7 Å². The van der Waals surface area contributed by atoms with Crippen molar-refractivity contribution < 1.29 is 23.7 Å². The van der Waals surface area contributed by atoms with Crippen LogP contribution in [0.15, 0.2) is 18.2 Å². The van der Waals surface area contributed by atoms with Crippen LogP contribution in [0.25, 0.3) is 0 Å². The summed E-state index contributed by atoms with van der Waals surface area (Å²) in [6.45, 7) is 2.69. The molecular formula is C20H30N2O5. The molecule has 2 saturated heterocycles. The van der Waals surface area contributed by atoms with Crippen LogP contribution in [0.5, 0.6) is 17.2 Å². The monoisotopic (exact) mass is 378 g/mol. The highest BCUT2D eigenvalue weighted by Crippen LogP contribution is 2.38. The molecule has 0 radical (unpaired) electrons. The summed E-state index contributed by atoms with van der Waals surface area (Å²) in [5.41, 5.74) is 6.25. The second-order valence-corrected chi connectivity index (χ2v) is 7.11. The Morgan fingerprint density at radius 3 is 2.26 bits per heavy atom. The van der Waals surface area contributed by atoms with Crippen LogP contribution in [0.2, 0.25) is 0 Å². The Kier molecular flexibility index (Phi) is 6.79. The lowest BCUT2D eigenvalue weighted by Crippen LogP contribution is -2.52. The maximum atomic E-state index is 12.7. The van der Waals surface area contributed by atoms with Crippen molar-refractivity contribution in [3.8, 4) is 17.2 Å². The Bertz CT molecular complexity index is 603. The minimum atomic E-state index is -0.430. The summed E-state index contributed by atoms with van der Waals surface area (Å²) >= 11 is 0. The average molecular weight is 378 g/mol. The molecule has 2 aliphatic heterocycles. The summed E-state index contributed by atoms with van der Waals surface area (Å²) in [6, 6.07) is 5.14. The van der Waals surface area contributed by atoms with E-state index in [9.17, 15) is 4.79 Å². The molecule has 0 spiro atoms. The van der Waals surface area contributed by atoms with Crippen molar-refractivity contribution in [2.24, 2.45) is 11.7 Å². The van der Waals surface area contributed by atoms with E-state index in [0.717, 1.165) is 25.7 Å². The molecule has 2 N–H and O–H groups in total. The Hall–Kier alpha value is -1.99. The molecule has 7 heteroatoms. The minimum Gasteiger partial charge on any atom is -0.493 e. The van der Waals surface area contributed by atoms with Crippen molar-refractivity contribution in [3.05, 3.63) is 18.2 Å². The van der Waals surface area contributed by atoms with E-state index < -0.39 is 6.04 Å². The van der Waals surface area contributed by atoms with Gasteiger partial charge in [-0.05, 0) is 30.9 Å². The fourth-order valence-corrected chi connectivity index (χ4v) is 3.78. The van der Waals surface area contributed by atoms with E-state index in [1.807, 2.05) is 23.1 Å². The Balaban J connectivity index is 1.55. The molecule has 1 aromatic carbocycles. The predicted molar refractivity (Wildman–Crippen MR) is 101 cm³/mol. The molecule has 2 aliphatic rings. The zero-order chi connectivity index (χ0) is 19.2. The molecule has 1 unspecified atom stereocenters. The molecule has 1 atom stereocenters. The molecule has 0 bridgehead atoms. The standard InChI is InChI=1S/C20H30N2O5/c1-24-16-4-3-5-17(25-2)19(16)27-15-6-10-22(11-7-15)20(23)18(21)14-8-12-26-13-9-14/h3-5,14-15,18H,6-13,21H2,1-2H3. The normalized spacial score (nSPS) is 20.2. The fraction of sp³-hybridized carbons (Fsp3) is 0.650. The molecule has 0 aliphatic carbocycles. The molecule has 2 heterocycles. The Morgan fingerprint density at radius 2 is 1.70 bits per heavy atom. The molecule has 1 amide bonds. The summed E-state index contributed by atoms with van der Waals surface area (Å²) in [5, 5.41) is 0. The second-order valence-electron chi connectivity index (χ2n) is 7.11. The third-order valence-electron chi connectivity index (χ3n) is 5.48. The second kappa shape index (κ2) is 9.28. The van der Waals surface area contributed by atoms with Crippen molar-refractivity contribution in [3.63, 3.8) is 0 Å². The number of ether oxygens (including phenoxy) is 4. The van der Waals surface area contributed by atoms with Crippen molar-refractivity contribution in [2.45, 2.75) is 37.8 Å². The van der Waals surface area contributed by atoms with Gasteiger partial charge in [0.2, 0.25) is 11.7 Å². The van der Waals surface area contributed by atoms with E-state index in [2.05, 4.69) is 0 Å². The third kappa shape index (κ3) is 4.65. The van der Waals surface area contributed by atoms with E-state index in [-0.39, 0.29) is 17.9 Å². The van der Waals surface area contributed by atoms with Gasteiger partial charge in [0.1, 0.15) is 6.10 Å². The molecule has 3 rings (SSSR count). The van der Waals surface area contributed by atoms with Gasteiger partial charge in [-0.3, -0.25) is 4.79 Å². The highest BCUT2D eigenvalue weighted by Gasteiger charge is 2.32. The lowest BCUT2D eigenvalue weighted by molar-refractivity contribution is -0.136. The van der Waals surface area contributed by atoms with E-state index in [1.165, 1.54) is 0 Å². The largest absolute Gasteiger partial charge is 0.493 e. The van der Waals surface area contributed by atoms with Crippen molar-refractivity contribution in [1.82, 2.24) is 4.90 Å². The van der Waals surface area contributed by atoms with Gasteiger partial charge in [-0.15, -0.1) is 0 Å². The van der Waals surface area contributed by atoms with Gasteiger partial charge in [-0.25, -0.2) is 0 Å². The fourth-order valence-electron chi connectivity index (χ4n) is 3.78. The number of nitrogens with two attached hydrogens (primary N) is 1. The first kappa shape index (κ1) is 19.8. The Morgan fingerprint density at radius 1 is 1.11 bits per heavy atom. The number of para-hydroxylation sites is 1. The SMILES string of the molecule is COc1cccc(OC)c1OC1CCN(C(=O)C(N)C2CCOCC2)CC1. The number of likely N-dealkylation sites (tertiary alicyclic amines) is 1. The summed E-state index contributed by atoms with van der Waals surface area (Å²) in [5.74, 6) is 2.18. The van der Waals surface area contributed by atoms with Crippen molar-refractivity contribution in [1.29, 1.82) is 0 Å². The van der Waals surface area contributed by atoms with Gasteiger partial charge < -0.3 is 29.6 Å². The molecular weight excluding hydrogens is 348 g/mol. The number of carbonyl (C=O) groups excluding carboxylic acids is 1. The number of carbonyl (C=O) groups is 1. The molecule has 0 aromatic heterocycles. The first-order valence-corrected chi connectivity index (χ1v) is 9.63. The van der Waals surface area contributed by atoms with Gasteiger partial charge in [0.15, 0.2) is 11.5 Å². The Labute approximate surface area is 160 Å². The number of hydrogen-bond acceptors (Lipinski definition) is 6. The zero-order valence-electron chi connectivity index (χ0n) is 16.2. The van der Waals surface area contributed by atoms with Gasteiger partial charge in [0.05, 0.1) is 20.3 Å². The zero-order valence-corrected chi connectivity index (χ0v) is 16.2. The topological polar surface area (TPSA) is 83.2 Å². The predicted octanol–water partition coefficient (Wildman–Crippen LogP) is 1.83. The van der Waals surface area contributed by atoms with Gasteiger partial charge in [0, 0.05) is 39.1 Å². The van der Waals surface area contributed by atoms with Gasteiger partial charge in [-0.2, -0.15) is 0 Å². The summed E-state index contributed by atoms with van der Waals surface area (Å²) in [4.78, 5) is 14.6.